The maximum atomic E-state index is 15.0. The average Bonchev–Trinajstić information content (AvgIpc) is 3.13. The number of aliphatic hydroxyl groups excluding tert-OH is 1. The molecule has 37 heavy (non-hydrogen) atoms. The van der Waals surface area contributed by atoms with Crippen molar-refractivity contribution in [3.05, 3.63) is 93.8 Å². The first-order valence-electron chi connectivity index (χ1n) is 10.6. The van der Waals surface area contributed by atoms with Crippen LogP contribution in [0.1, 0.15) is 22.7 Å². The summed E-state index contributed by atoms with van der Waals surface area (Å²) in [5.41, 5.74) is -1.83. The number of ketones is 1. The van der Waals surface area contributed by atoms with Gasteiger partial charge in [0.25, 0.3) is 11.7 Å². The summed E-state index contributed by atoms with van der Waals surface area (Å²) >= 11 is 6.13. The monoisotopic (exact) mass is 535 g/mol. The van der Waals surface area contributed by atoms with Crippen LogP contribution < -0.4 is 14.4 Å². The maximum absolute atomic E-state index is 15.0. The summed E-state index contributed by atoms with van der Waals surface area (Å²) in [5, 5.41) is 11.4. The van der Waals surface area contributed by atoms with Crippen LogP contribution in [0.25, 0.3) is 5.76 Å². The summed E-state index contributed by atoms with van der Waals surface area (Å²) < 4.78 is 64.7. The number of nitrogens with zero attached hydrogens (tertiary/aromatic N) is 1. The SMILES string of the molecule is COc1cc(/C(O)=C2\C(=O)C(=O)N(c3ccc(C(F)(F)F)cc3)C2c2ccccc2F)c(OC)cc1Cl. The molecule has 1 aliphatic rings. The number of carbonyl (C=O) groups excluding carboxylic acids is 2. The van der Waals surface area contributed by atoms with E-state index in [2.05, 4.69) is 0 Å². The smallest absolute Gasteiger partial charge is 0.416 e. The number of anilines is 1. The van der Waals surface area contributed by atoms with Crippen LogP contribution in [-0.2, 0) is 15.8 Å². The Morgan fingerprint density at radius 3 is 2.16 bits per heavy atom. The van der Waals surface area contributed by atoms with Crippen LogP contribution >= 0.6 is 11.6 Å². The number of amides is 1. The Kier molecular flexibility index (Phi) is 6.88. The van der Waals surface area contributed by atoms with E-state index >= 15 is 0 Å². The molecule has 0 aliphatic carbocycles. The quantitative estimate of drug-likeness (QED) is 0.184. The summed E-state index contributed by atoms with van der Waals surface area (Å²) in [6.07, 6.45) is -4.64. The minimum atomic E-state index is -4.64. The second-order valence-electron chi connectivity index (χ2n) is 7.92. The number of aliphatic hydroxyl groups is 1. The zero-order valence-corrected chi connectivity index (χ0v) is 20.0. The van der Waals surface area contributed by atoms with Crippen LogP contribution in [0.3, 0.4) is 0 Å². The van der Waals surface area contributed by atoms with E-state index in [0.717, 1.165) is 35.2 Å². The summed E-state index contributed by atoms with van der Waals surface area (Å²) in [5.74, 6) is -3.73. The number of alkyl halides is 3. The molecule has 0 spiro atoms. The first-order chi connectivity index (χ1) is 17.5. The highest BCUT2D eigenvalue weighted by molar-refractivity contribution is 6.51. The molecular formula is C26H18ClF4NO5. The third-order valence-electron chi connectivity index (χ3n) is 5.85. The molecule has 0 radical (unpaired) electrons. The molecule has 0 aromatic heterocycles. The number of hydrogen-bond donors (Lipinski definition) is 1. The summed E-state index contributed by atoms with van der Waals surface area (Å²) in [7, 11) is 2.60. The van der Waals surface area contributed by atoms with Crippen molar-refractivity contribution < 1.29 is 41.7 Å². The van der Waals surface area contributed by atoms with Crippen molar-refractivity contribution in [2.75, 3.05) is 19.1 Å². The molecule has 1 N–H and O–H groups in total. The molecule has 3 aromatic rings. The Hall–Kier alpha value is -4.05. The molecule has 0 saturated carbocycles. The van der Waals surface area contributed by atoms with Crippen LogP contribution in [0, 0.1) is 5.82 Å². The Bertz CT molecular complexity index is 1420. The zero-order valence-electron chi connectivity index (χ0n) is 19.3. The average molecular weight is 536 g/mol. The molecular weight excluding hydrogens is 518 g/mol. The fraction of sp³-hybridized carbons (Fsp3) is 0.154. The molecule has 192 valence electrons. The van der Waals surface area contributed by atoms with Crippen LogP contribution in [0.2, 0.25) is 5.02 Å². The molecule has 0 bridgehead atoms. The van der Waals surface area contributed by atoms with Gasteiger partial charge in [0.05, 0.1) is 42.0 Å². The third kappa shape index (κ3) is 4.60. The molecule has 4 rings (SSSR count). The minimum Gasteiger partial charge on any atom is -0.507 e. The fourth-order valence-corrected chi connectivity index (χ4v) is 4.32. The van der Waals surface area contributed by atoms with Crippen molar-refractivity contribution in [3.63, 3.8) is 0 Å². The van der Waals surface area contributed by atoms with Gasteiger partial charge in [0.2, 0.25) is 0 Å². The van der Waals surface area contributed by atoms with Gasteiger partial charge in [-0.1, -0.05) is 29.8 Å². The van der Waals surface area contributed by atoms with Crippen LogP contribution in [-0.4, -0.2) is 31.0 Å². The summed E-state index contributed by atoms with van der Waals surface area (Å²) in [4.78, 5) is 27.2. The van der Waals surface area contributed by atoms with Gasteiger partial charge in [-0.25, -0.2) is 4.39 Å². The standard InChI is InChI=1S/C26H18ClF4NO5/c1-36-19-12-17(27)20(37-2)11-16(19)23(33)21-22(15-5-3-4-6-18(15)28)32(25(35)24(21)34)14-9-7-13(8-10-14)26(29,30)31/h3-12,22,33H,1-2H3/b23-21+. The van der Waals surface area contributed by atoms with Crippen LogP contribution in [0.15, 0.2) is 66.2 Å². The first kappa shape index (κ1) is 26.0. The van der Waals surface area contributed by atoms with Gasteiger partial charge in [-0.15, -0.1) is 0 Å². The number of ether oxygens (including phenoxy) is 2. The van der Waals surface area contributed by atoms with Gasteiger partial charge in [0.15, 0.2) is 0 Å². The Morgan fingerprint density at radius 2 is 1.59 bits per heavy atom. The molecule has 1 unspecified atom stereocenters. The van der Waals surface area contributed by atoms with Crippen molar-refractivity contribution in [1.82, 2.24) is 0 Å². The van der Waals surface area contributed by atoms with Crippen LogP contribution in [0.4, 0.5) is 23.2 Å². The van der Waals surface area contributed by atoms with E-state index in [0.29, 0.717) is 0 Å². The zero-order chi connectivity index (χ0) is 27.1. The summed E-state index contributed by atoms with van der Waals surface area (Å²) in [6.45, 7) is 0. The maximum Gasteiger partial charge on any atom is 0.416 e. The highest BCUT2D eigenvalue weighted by Gasteiger charge is 2.48. The Labute approximate surface area is 213 Å². The van der Waals surface area contributed by atoms with Crippen molar-refractivity contribution in [2.45, 2.75) is 12.2 Å². The van der Waals surface area contributed by atoms with Gasteiger partial charge in [-0.05, 0) is 36.4 Å². The van der Waals surface area contributed by atoms with E-state index in [4.69, 9.17) is 21.1 Å². The molecule has 11 heteroatoms. The number of benzene rings is 3. The number of methoxy groups -OCH3 is 2. The lowest BCUT2D eigenvalue weighted by atomic mass is 9.94. The van der Waals surface area contributed by atoms with Gasteiger partial charge in [-0.3, -0.25) is 14.5 Å². The number of halogens is 5. The van der Waals surface area contributed by atoms with Crippen LogP contribution in [0.5, 0.6) is 11.5 Å². The summed E-state index contributed by atoms with van der Waals surface area (Å²) in [6, 6.07) is 9.78. The van der Waals surface area contributed by atoms with Gasteiger partial charge < -0.3 is 14.6 Å². The lowest BCUT2D eigenvalue weighted by Crippen LogP contribution is -2.30. The molecule has 1 atom stereocenters. The van der Waals surface area contributed by atoms with E-state index in [1.165, 1.54) is 44.6 Å². The van der Waals surface area contributed by atoms with E-state index in [9.17, 15) is 32.3 Å². The van der Waals surface area contributed by atoms with E-state index < -0.39 is 46.6 Å². The van der Waals surface area contributed by atoms with Crippen molar-refractivity contribution in [2.24, 2.45) is 0 Å². The number of rotatable bonds is 5. The van der Waals surface area contributed by atoms with Crippen molar-refractivity contribution in [3.8, 4) is 11.5 Å². The second-order valence-corrected chi connectivity index (χ2v) is 8.33. The first-order valence-corrected chi connectivity index (χ1v) is 11.0. The fourth-order valence-electron chi connectivity index (χ4n) is 4.09. The molecule has 1 fully saturated rings. The number of hydrogen-bond acceptors (Lipinski definition) is 5. The van der Waals surface area contributed by atoms with Gasteiger partial charge in [0, 0.05) is 17.3 Å². The predicted octanol–water partition coefficient (Wildman–Crippen LogP) is 6.14. The lowest BCUT2D eigenvalue weighted by molar-refractivity contribution is -0.137. The van der Waals surface area contributed by atoms with Crippen molar-refractivity contribution in [1.29, 1.82) is 0 Å². The van der Waals surface area contributed by atoms with Crippen molar-refractivity contribution >= 4 is 34.7 Å². The molecule has 6 nitrogen and oxygen atoms in total. The molecule has 3 aromatic carbocycles. The third-order valence-corrected chi connectivity index (χ3v) is 6.14. The predicted molar refractivity (Wildman–Crippen MR) is 127 cm³/mol. The number of Topliss-reactive ketones (excluding diaryl/α,β-unsaturated/α-hetero) is 1. The largest absolute Gasteiger partial charge is 0.507 e. The van der Waals surface area contributed by atoms with Gasteiger partial charge >= 0.3 is 6.18 Å². The van der Waals surface area contributed by atoms with E-state index in [1.54, 1.807) is 0 Å². The number of carbonyl (C=O) groups is 2. The molecule has 1 saturated heterocycles. The molecule has 1 aliphatic heterocycles. The Balaban J connectivity index is 1.98. The van der Waals surface area contributed by atoms with E-state index in [-0.39, 0.29) is 33.3 Å². The van der Waals surface area contributed by atoms with Gasteiger partial charge in [0.1, 0.15) is 23.1 Å². The minimum absolute atomic E-state index is 0.0244. The van der Waals surface area contributed by atoms with Gasteiger partial charge in [-0.2, -0.15) is 13.2 Å². The highest BCUT2D eigenvalue weighted by atomic mass is 35.5. The molecule has 1 heterocycles. The lowest BCUT2D eigenvalue weighted by Gasteiger charge is -2.26. The molecule has 1 amide bonds. The normalized spacial score (nSPS) is 17.3. The highest BCUT2D eigenvalue weighted by Crippen LogP contribution is 2.45. The topological polar surface area (TPSA) is 76.1 Å². The van der Waals surface area contributed by atoms with E-state index in [1.807, 2.05) is 0 Å². The Morgan fingerprint density at radius 1 is 0.973 bits per heavy atom. The second kappa shape index (κ2) is 9.78.